The maximum Gasteiger partial charge on any atom is 0.298 e. The molecule has 6 heteroatoms. The third-order valence-corrected chi connectivity index (χ3v) is 4.10. The second kappa shape index (κ2) is 5.62. The van der Waals surface area contributed by atoms with Crippen molar-refractivity contribution in [2.75, 3.05) is 0 Å². The zero-order valence-electron chi connectivity index (χ0n) is 12.8. The molecule has 0 aliphatic rings. The molecule has 0 atom stereocenters. The van der Waals surface area contributed by atoms with Crippen LogP contribution in [0.5, 0.6) is 0 Å². The average Bonchev–Trinajstić information content (AvgIpc) is 2.95. The summed E-state index contributed by atoms with van der Waals surface area (Å²) < 4.78 is 1.22. The van der Waals surface area contributed by atoms with E-state index in [0.29, 0.717) is 16.1 Å². The second-order valence-electron chi connectivity index (χ2n) is 5.59. The zero-order chi connectivity index (χ0) is 16.7. The van der Waals surface area contributed by atoms with Gasteiger partial charge in [0.05, 0.1) is 6.21 Å². The maximum atomic E-state index is 12.6. The molecule has 0 fully saturated rings. The summed E-state index contributed by atoms with van der Waals surface area (Å²) in [5.74, 6) is 0. The van der Waals surface area contributed by atoms with Crippen molar-refractivity contribution in [2.24, 2.45) is 5.10 Å². The van der Waals surface area contributed by atoms with Crippen molar-refractivity contribution in [2.45, 2.75) is 6.92 Å². The summed E-state index contributed by atoms with van der Waals surface area (Å²) in [5, 5.41) is 5.79. The van der Waals surface area contributed by atoms with Crippen molar-refractivity contribution in [3.05, 3.63) is 75.3 Å². The molecule has 5 nitrogen and oxygen atoms in total. The van der Waals surface area contributed by atoms with E-state index in [9.17, 15) is 4.79 Å². The van der Waals surface area contributed by atoms with Crippen molar-refractivity contribution in [1.29, 1.82) is 0 Å². The number of hydrogen-bond donors (Lipinski definition) is 1. The standard InChI is InChI=1S/C18H13ClN4O/c1-11-2-7-15-14(8-11)16-17(22-15)18(24)23(10-20-16)21-9-12-3-5-13(19)6-4-12/h2-10,22H,1H3/b21-9+. The number of aromatic nitrogens is 3. The van der Waals surface area contributed by atoms with Gasteiger partial charge in [0.2, 0.25) is 0 Å². The number of fused-ring (bicyclic) bond motifs is 3. The smallest absolute Gasteiger partial charge is 0.298 e. The summed E-state index contributed by atoms with van der Waals surface area (Å²) in [7, 11) is 0. The molecular formula is C18H13ClN4O. The summed E-state index contributed by atoms with van der Waals surface area (Å²) in [5.41, 5.74) is 3.73. The number of aromatic amines is 1. The predicted molar refractivity (Wildman–Crippen MR) is 97.0 cm³/mol. The highest BCUT2D eigenvalue weighted by Crippen LogP contribution is 2.22. The largest absolute Gasteiger partial charge is 0.349 e. The number of rotatable bonds is 2. The van der Waals surface area contributed by atoms with Gasteiger partial charge >= 0.3 is 0 Å². The van der Waals surface area contributed by atoms with E-state index in [4.69, 9.17) is 11.6 Å². The van der Waals surface area contributed by atoms with Gasteiger partial charge in [0.1, 0.15) is 17.4 Å². The average molecular weight is 337 g/mol. The second-order valence-corrected chi connectivity index (χ2v) is 6.02. The van der Waals surface area contributed by atoms with Crippen LogP contribution in [0.1, 0.15) is 11.1 Å². The first-order chi connectivity index (χ1) is 11.6. The predicted octanol–water partition coefficient (Wildman–Crippen LogP) is 3.72. The molecule has 0 aliphatic carbocycles. The first-order valence-electron chi connectivity index (χ1n) is 7.41. The molecule has 0 saturated carbocycles. The van der Waals surface area contributed by atoms with Crippen molar-refractivity contribution >= 4 is 39.8 Å². The summed E-state index contributed by atoms with van der Waals surface area (Å²) in [6, 6.07) is 13.2. The van der Waals surface area contributed by atoms with Gasteiger partial charge in [0.25, 0.3) is 5.56 Å². The minimum Gasteiger partial charge on any atom is -0.349 e. The fraction of sp³-hybridized carbons (Fsp3) is 0.0556. The number of halogens is 1. The molecule has 4 rings (SSSR count). The Hall–Kier alpha value is -2.92. The third kappa shape index (κ3) is 2.49. The monoisotopic (exact) mass is 336 g/mol. The van der Waals surface area contributed by atoms with Crippen LogP contribution in [0.4, 0.5) is 0 Å². The zero-order valence-corrected chi connectivity index (χ0v) is 13.6. The normalized spacial score (nSPS) is 11.8. The van der Waals surface area contributed by atoms with Crippen molar-refractivity contribution in [3.8, 4) is 0 Å². The van der Waals surface area contributed by atoms with Gasteiger partial charge in [-0.15, -0.1) is 0 Å². The van der Waals surface area contributed by atoms with E-state index in [0.717, 1.165) is 22.0 Å². The molecule has 2 aromatic heterocycles. The minimum absolute atomic E-state index is 0.237. The Morgan fingerprint density at radius 2 is 2.00 bits per heavy atom. The lowest BCUT2D eigenvalue weighted by atomic mass is 10.2. The first kappa shape index (κ1) is 14.7. The van der Waals surface area contributed by atoms with E-state index in [2.05, 4.69) is 15.1 Å². The van der Waals surface area contributed by atoms with E-state index >= 15 is 0 Å². The van der Waals surface area contributed by atoms with E-state index < -0.39 is 0 Å². The Bertz CT molecular complexity index is 1140. The molecule has 2 aromatic carbocycles. The van der Waals surface area contributed by atoms with Gasteiger partial charge in [-0.3, -0.25) is 4.79 Å². The molecule has 0 aliphatic heterocycles. The first-order valence-corrected chi connectivity index (χ1v) is 7.79. The Morgan fingerprint density at radius 3 is 2.79 bits per heavy atom. The van der Waals surface area contributed by atoms with E-state index in [1.165, 1.54) is 11.0 Å². The maximum absolute atomic E-state index is 12.6. The van der Waals surface area contributed by atoms with Crippen LogP contribution in [0.15, 0.2) is 58.7 Å². The van der Waals surface area contributed by atoms with Crippen LogP contribution in [0.3, 0.4) is 0 Å². The third-order valence-electron chi connectivity index (χ3n) is 3.85. The molecular weight excluding hydrogens is 324 g/mol. The molecule has 0 spiro atoms. The number of hydrogen-bond acceptors (Lipinski definition) is 3. The molecule has 0 radical (unpaired) electrons. The van der Waals surface area contributed by atoms with E-state index in [1.54, 1.807) is 18.3 Å². The summed E-state index contributed by atoms with van der Waals surface area (Å²) in [6.07, 6.45) is 3.03. The fourth-order valence-electron chi connectivity index (χ4n) is 2.62. The van der Waals surface area contributed by atoms with Crippen LogP contribution in [-0.4, -0.2) is 20.9 Å². The Labute approximate surface area is 142 Å². The Balaban J connectivity index is 1.82. The fourth-order valence-corrected chi connectivity index (χ4v) is 2.75. The highest BCUT2D eigenvalue weighted by Gasteiger charge is 2.10. The van der Waals surface area contributed by atoms with E-state index in [-0.39, 0.29) is 5.56 Å². The highest BCUT2D eigenvalue weighted by atomic mass is 35.5. The molecule has 118 valence electrons. The van der Waals surface area contributed by atoms with Gasteiger partial charge in [-0.25, -0.2) is 4.98 Å². The molecule has 4 aromatic rings. The number of aryl methyl sites for hydroxylation is 1. The topological polar surface area (TPSA) is 63.0 Å². The lowest BCUT2D eigenvalue weighted by Gasteiger charge is -1.98. The van der Waals surface area contributed by atoms with Crippen LogP contribution < -0.4 is 5.56 Å². The van der Waals surface area contributed by atoms with Crippen LogP contribution in [0, 0.1) is 6.92 Å². The number of H-pyrrole nitrogens is 1. The lowest BCUT2D eigenvalue weighted by molar-refractivity contribution is 0.815. The van der Waals surface area contributed by atoms with Crippen LogP contribution in [0.2, 0.25) is 5.02 Å². The molecule has 0 bridgehead atoms. The number of benzene rings is 2. The van der Waals surface area contributed by atoms with Gasteiger partial charge < -0.3 is 4.98 Å². The number of nitrogens with zero attached hydrogens (tertiary/aromatic N) is 3. The lowest BCUT2D eigenvalue weighted by Crippen LogP contribution is -2.17. The molecule has 0 unspecified atom stereocenters. The van der Waals surface area contributed by atoms with Gasteiger partial charge in [-0.1, -0.05) is 35.4 Å². The van der Waals surface area contributed by atoms with Crippen molar-refractivity contribution in [3.63, 3.8) is 0 Å². The quantitative estimate of drug-likeness (QED) is 0.567. The molecule has 0 amide bonds. The Kier molecular flexibility index (Phi) is 3.43. The summed E-state index contributed by atoms with van der Waals surface area (Å²) >= 11 is 5.86. The molecule has 24 heavy (non-hydrogen) atoms. The summed E-state index contributed by atoms with van der Waals surface area (Å²) in [6.45, 7) is 2.01. The number of nitrogens with one attached hydrogen (secondary N) is 1. The summed E-state index contributed by atoms with van der Waals surface area (Å²) in [4.78, 5) is 20.1. The van der Waals surface area contributed by atoms with E-state index in [1.807, 2.05) is 37.3 Å². The SMILES string of the molecule is Cc1ccc2[nH]c3c(=O)n(/N=C/c4ccc(Cl)cc4)cnc3c2c1. The molecule has 0 saturated heterocycles. The van der Waals surface area contributed by atoms with Crippen LogP contribution in [-0.2, 0) is 0 Å². The van der Waals surface area contributed by atoms with Crippen LogP contribution >= 0.6 is 11.6 Å². The molecule has 1 N–H and O–H groups in total. The minimum atomic E-state index is -0.237. The van der Waals surface area contributed by atoms with Gasteiger partial charge in [-0.2, -0.15) is 9.78 Å². The van der Waals surface area contributed by atoms with Crippen LogP contribution in [0.25, 0.3) is 21.9 Å². The highest BCUT2D eigenvalue weighted by molar-refractivity contribution is 6.30. The molecule has 2 heterocycles. The van der Waals surface area contributed by atoms with Gasteiger partial charge in [0.15, 0.2) is 0 Å². The van der Waals surface area contributed by atoms with Gasteiger partial charge in [-0.05, 0) is 36.8 Å². The van der Waals surface area contributed by atoms with Crippen molar-refractivity contribution < 1.29 is 0 Å². The van der Waals surface area contributed by atoms with Gasteiger partial charge in [0, 0.05) is 15.9 Å². The Morgan fingerprint density at radius 1 is 1.21 bits per heavy atom. The van der Waals surface area contributed by atoms with Crippen molar-refractivity contribution in [1.82, 2.24) is 14.6 Å².